The Morgan fingerprint density at radius 3 is 2.56 bits per heavy atom. The average Bonchev–Trinajstić information content (AvgIpc) is 2.20. The maximum Gasteiger partial charge on any atom is 0.446 e. The molecule has 3 nitrogen and oxygen atoms in total. The molecule has 0 atom stereocenters. The summed E-state index contributed by atoms with van der Waals surface area (Å²) in [5.41, 5.74) is -4.12. The zero-order valence-electron chi connectivity index (χ0n) is 9.21. The molecule has 0 aromatic heterocycles. The molecule has 0 saturated carbocycles. The topological polar surface area (TPSA) is 61.1 Å². The summed E-state index contributed by atoms with van der Waals surface area (Å²) in [5, 5.41) is 17.6. The van der Waals surface area contributed by atoms with Gasteiger partial charge in [0, 0.05) is 4.90 Å². The van der Waals surface area contributed by atoms with Crippen molar-refractivity contribution < 1.29 is 23.1 Å². The molecular formula is C11H8F3NO2S. The van der Waals surface area contributed by atoms with Gasteiger partial charge in [0.2, 0.25) is 0 Å². The summed E-state index contributed by atoms with van der Waals surface area (Å²) in [6.45, 7) is 1.56. The predicted molar refractivity (Wildman–Crippen MR) is 59.1 cm³/mol. The first kappa shape index (κ1) is 14.4. The largest absolute Gasteiger partial charge is 0.481 e. The summed E-state index contributed by atoms with van der Waals surface area (Å²) >= 11 is -0.414. The minimum absolute atomic E-state index is 0.124. The first-order valence-electron chi connectivity index (χ1n) is 4.74. The summed E-state index contributed by atoms with van der Waals surface area (Å²) in [7, 11) is 0. The first-order valence-corrected chi connectivity index (χ1v) is 5.56. The molecule has 0 unspecified atom stereocenters. The van der Waals surface area contributed by atoms with Crippen molar-refractivity contribution in [1.82, 2.24) is 0 Å². The fourth-order valence-corrected chi connectivity index (χ4v) is 2.10. The number of aliphatic carboxylic acids is 1. The van der Waals surface area contributed by atoms with Gasteiger partial charge in [0.05, 0.1) is 12.0 Å². The van der Waals surface area contributed by atoms with Gasteiger partial charge in [0.25, 0.3) is 0 Å². The van der Waals surface area contributed by atoms with Gasteiger partial charge in [-0.25, -0.2) is 0 Å². The number of carboxylic acids is 1. The molecule has 0 fully saturated rings. The highest BCUT2D eigenvalue weighted by Crippen LogP contribution is 2.39. The predicted octanol–water partition coefficient (Wildman–Crippen LogP) is 3.11. The normalized spacial score (nSPS) is 11.1. The molecule has 1 N–H and O–H groups in total. The monoisotopic (exact) mass is 275 g/mol. The zero-order chi connectivity index (χ0) is 13.9. The van der Waals surface area contributed by atoms with Gasteiger partial charge >= 0.3 is 11.5 Å². The van der Waals surface area contributed by atoms with E-state index < -0.39 is 29.7 Å². The Hall–Kier alpha value is -1.68. The van der Waals surface area contributed by atoms with Crippen molar-refractivity contribution in [3.8, 4) is 6.07 Å². The molecule has 7 heteroatoms. The van der Waals surface area contributed by atoms with E-state index in [1.54, 1.807) is 13.0 Å². The molecule has 1 aromatic rings. The summed E-state index contributed by atoms with van der Waals surface area (Å²) in [6, 6.07) is 4.21. The van der Waals surface area contributed by atoms with Crippen LogP contribution in [0, 0.1) is 18.3 Å². The van der Waals surface area contributed by atoms with Crippen LogP contribution in [0.5, 0.6) is 0 Å². The lowest BCUT2D eigenvalue weighted by Gasteiger charge is -2.12. The quantitative estimate of drug-likeness (QED) is 0.861. The second kappa shape index (κ2) is 5.31. The number of thioether (sulfide) groups is 1. The van der Waals surface area contributed by atoms with Crippen molar-refractivity contribution in [1.29, 1.82) is 5.26 Å². The lowest BCUT2D eigenvalue weighted by molar-refractivity contribution is -0.136. The highest BCUT2D eigenvalue weighted by atomic mass is 32.2. The molecule has 0 bridgehead atoms. The van der Waals surface area contributed by atoms with Crippen molar-refractivity contribution in [2.24, 2.45) is 0 Å². The number of alkyl halides is 3. The summed E-state index contributed by atoms with van der Waals surface area (Å²) in [5.74, 6) is -1.19. The highest BCUT2D eigenvalue weighted by molar-refractivity contribution is 8.00. The lowest BCUT2D eigenvalue weighted by atomic mass is 10.00. The Kier molecular flexibility index (Phi) is 4.24. The van der Waals surface area contributed by atoms with Crippen molar-refractivity contribution >= 4 is 17.7 Å². The summed E-state index contributed by atoms with van der Waals surface area (Å²) in [6.07, 6.45) is -0.471. The Labute approximate surface area is 105 Å². The fourth-order valence-electron chi connectivity index (χ4n) is 1.44. The number of benzene rings is 1. The van der Waals surface area contributed by atoms with E-state index >= 15 is 0 Å². The van der Waals surface area contributed by atoms with Crippen LogP contribution in [0.1, 0.15) is 16.7 Å². The molecule has 1 rings (SSSR count). The number of carbonyl (C=O) groups is 1. The zero-order valence-corrected chi connectivity index (χ0v) is 10.0. The van der Waals surface area contributed by atoms with Crippen LogP contribution in [0.2, 0.25) is 0 Å². The van der Waals surface area contributed by atoms with Gasteiger partial charge in [0.15, 0.2) is 0 Å². The molecule has 0 saturated heterocycles. The van der Waals surface area contributed by atoms with Gasteiger partial charge in [-0.1, -0.05) is 6.07 Å². The molecule has 0 amide bonds. The number of aryl methyl sites for hydroxylation is 1. The number of nitriles is 1. The summed E-state index contributed by atoms with van der Waals surface area (Å²) in [4.78, 5) is 10.4. The maximum absolute atomic E-state index is 12.3. The Balaban J connectivity index is 3.30. The van der Waals surface area contributed by atoms with E-state index in [-0.39, 0.29) is 16.0 Å². The molecule has 0 aliphatic rings. The molecule has 0 heterocycles. The number of rotatable bonds is 3. The van der Waals surface area contributed by atoms with E-state index in [1.807, 2.05) is 0 Å². The molecule has 1 aromatic carbocycles. The minimum Gasteiger partial charge on any atom is -0.481 e. The van der Waals surface area contributed by atoms with E-state index in [1.165, 1.54) is 12.1 Å². The second-order valence-electron chi connectivity index (χ2n) is 3.46. The van der Waals surface area contributed by atoms with E-state index in [0.717, 1.165) is 0 Å². The number of carboxylic acid groups (broad SMARTS) is 1. The van der Waals surface area contributed by atoms with Gasteiger partial charge in [-0.2, -0.15) is 18.4 Å². The van der Waals surface area contributed by atoms with Crippen LogP contribution in [-0.2, 0) is 11.2 Å². The van der Waals surface area contributed by atoms with Crippen LogP contribution in [0.25, 0.3) is 0 Å². The average molecular weight is 275 g/mol. The third kappa shape index (κ3) is 3.67. The number of hydrogen-bond donors (Lipinski definition) is 1. The first-order chi connectivity index (χ1) is 8.24. The van der Waals surface area contributed by atoms with Crippen LogP contribution in [0.3, 0.4) is 0 Å². The van der Waals surface area contributed by atoms with Crippen LogP contribution >= 0.6 is 11.8 Å². The van der Waals surface area contributed by atoms with Crippen LogP contribution in [0.4, 0.5) is 13.2 Å². The van der Waals surface area contributed by atoms with Gasteiger partial charge in [-0.05, 0) is 35.9 Å². The Bertz CT molecular complexity index is 520. The molecular weight excluding hydrogens is 267 g/mol. The second-order valence-corrected chi connectivity index (χ2v) is 4.57. The fraction of sp³-hybridized carbons (Fsp3) is 0.273. The molecule has 0 aliphatic heterocycles. The van der Waals surface area contributed by atoms with E-state index in [9.17, 15) is 18.0 Å². The molecule has 18 heavy (non-hydrogen) atoms. The third-order valence-electron chi connectivity index (χ3n) is 2.17. The van der Waals surface area contributed by atoms with Crippen molar-refractivity contribution in [2.45, 2.75) is 23.7 Å². The van der Waals surface area contributed by atoms with Crippen molar-refractivity contribution in [3.63, 3.8) is 0 Å². The smallest absolute Gasteiger partial charge is 0.446 e. The van der Waals surface area contributed by atoms with Crippen LogP contribution in [0.15, 0.2) is 17.0 Å². The number of hydrogen-bond acceptors (Lipinski definition) is 3. The van der Waals surface area contributed by atoms with Gasteiger partial charge in [-0.3, -0.25) is 4.79 Å². The van der Waals surface area contributed by atoms with Gasteiger partial charge in [0.1, 0.15) is 6.07 Å². The van der Waals surface area contributed by atoms with Crippen LogP contribution < -0.4 is 0 Å². The van der Waals surface area contributed by atoms with Crippen molar-refractivity contribution in [2.75, 3.05) is 0 Å². The maximum atomic E-state index is 12.3. The third-order valence-corrected chi connectivity index (χ3v) is 2.97. The van der Waals surface area contributed by atoms with E-state index in [4.69, 9.17) is 10.4 Å². The number of halogens is 3. The molecule has 96 valence electrons. The highest BCUT2D eigenvalue weighted by Gasteiger charge is 2.31. The standard InChI is InChI=1S/C11H8F3NO2S/c1-6-2-3-9(18-11(12,13)14)8(5-15)7(6)4-10(16)17/h2-3H,4H2,1H3,(H,16,17). The Morgan fingerprint density at radius 1 is 1.50 bits per heavy atom. The van der Waals surface area contributed by atoms with Crippen molar-refractivity contribution in [3.05, 3.63) is 28.8 Å². The van der Waals surface area contributed by atoms with Gasteiger partial charge in [-0.15, -0.1) is 0 Å². The summed E-state index contributed by atoms with van der Waals surface area (Å²) < 4.78 is 36.9. The van der Waals surface area contributed by atoms with Gasteiger partial charge < -0.3 is 5.11 Å². The SMILES string of the molecule is Cc1ccc(SC(F)(F)F)c(C#N)c1CC(=O)O. The Morgan fingerprint density at radius 2 is 2.11 bits per heavy atom. The van der Waals surface area contributed by atoms with E-state index in [0.29, 0.717) is 5.56 Å². The number of nitrogens with zero attached hydrogens (tertiary/aromatic N) is 1. The lowest BCUT2D eigenvalue weighted by Crippen LogP contribution is -2.07. The minimum atomic E-state index is -4.51. The molecule has 0 radical (unpaired) electrons. The van der Waals surface area contributed by atoms with Crippen LogP contribution in [-0.4, -0.2) is 16.6 Å². The van der Waals surface area contributed by atoms with E-state index in [2.05, 4.69) is 0 Å². The molecule has 0 aliphatic carbocycles. The molecule has 0 spiro atoms.